The smallest absolute Gasteiger partial charge is 0.192 e. The Hall–Kier alpha value is -1.55. The molecule has 0 atom stereocenters. The maximum absolute atomic E-state index is 5.77. The van der Waals surface area contributed by atoms with Crippen LogP contribution in [0.15, 0.2) is 22.6 Å². The lowest BCUT2D eigenvalue weighted by Gasteiger charge is -2.27. The van der Waals surface area contributed by atoms with Gasteiger partial charge < -0.3 is 15.1 Å². The van der Waals surface area contributed by atoms with Gasteiger partial charge in [-0.1, -0.05) is 13.8 Å². The molecule has 0 saturated carbocycles. The van der Waals surface area contributed by atoms with E-state index in [1.807, 2.05) is 13.0 Å². The van der Waals surface area contributed by atoms with Crippen molar-refractivity contribution in [2.75, 3.05) is 25.0 Å². The molecule has 1 aromatic heterocycles. The molecule has 1 heterocycles. The Kier molecular flexibility index (Phi) is 3.80. The van der Waals surface area contributed by atoms with Crippen LogP contribution in [-0.4, -0.2) is 25.1 Å². The summed E-state index contributed by atoms with van der Waals surface area (Å²) in [5, 5.41) is 0. The number of aromatic nitrogens is 1. The van der Waals surface area contributed by atoms with E-state index in [1.165, 1.54) is 0 Å². The standard InChI is InChI=1S/C15H23N3O/c1-11-17-13-9-12(5-6-14(13)19-11)18(4)8-7-15(2,3)10-16/h5-6,9H,7-8,10,16H2,1-4H3. The number of hydrogen-bond donors (Lipinski definition) is 1. The fraction of sp³-hybridized carbons (Fsp3) is 0.533. The molecule has 0 bridgehead atoms. The van der Waals surface area contributed by atoms with Gasteiger partial charge in [-0.15, -0.1) is 0 Å². The van der Waals surface area contributed by atoms with Crippen molar-refractivity contribution in [2.45, 2.75) is 27.2 Å². The highest BCUT2D eigenvalue weighted by Gasteiger charge is 2.16. The second-order valence-electron chi connectivity index (χ2n) is 5.92. The molecule has 0 spiro atoms. The van der Waals surface area contributed by atoms with E-state index >= 15 is 0 Å². The van der Waals surface area contributed by atoms with Gasteiger partial charge in [0.15, 0.2) is 11.5 Å². The average molecular weight is 261 g/mol. The lowest BCUT2D eigenvalue weighted by molar-refractivity contribution is 0.351. The van der Waals surface area contributed by atoms with Gasteiger partial charge in [0.05, 0.1) is 0 Å². The first-order chi connectivity index (χ1) is 8.91. The van der Waals surface area contributed by atoms with Crippen molar-refractivity contribution >= 4 is 16.8 Å². The predicted octanol–water partition coefficient (Wildman–Crippen LogP) is 2.95. The van der Waals surface area contributed by atoms with Crippen LogP contribution < -0.4 is 10.6 Å². The third-order valence-electron chi connectivity index (χ3n) is 3.60. The van der Waals surface area contributed by atoms with Crippen molar-refractivity contribution < 1.29 is 4.42 Å². The van der Waals surface area contributed by atoms with Gasteiger partial charge in [-0.2, -0.15) is 0 Å². The van der Waals surface area contributed by atoms with E-state index in [1.54, 1.807) is 0 Å². The van der Waals surface area contributed by atoms with Gasteiger partial charge in [-0.25, -0.2) is 4.98 Å². The van der Waals surface area contributed by atoms with Crippen LogP contribution in [-0.2, 0) is 0 Å². The molecule has 0 aliphatic rings. The van der Waals surface area contributed by atoms with E-state index in [0.717, 1.165) is 29.8 Å². The largest absolute Gasteiger partial charge is 0.441 e. The van der Waals surface area contributed by atoms with Gasteiger partial charge in [-0.05, 0) is 36.6 Å². The molecule has 0 radical (unpaired) electrons. The summed E-state index contributed by atoms with van der Waals surface area (Å²) in [4.78, 5) is 6.60. The van der Waals surface area contributed by atoms with Crippen LogP contribution in [0, 0.1) is 12.3 Å². The summed E-state index contributed by atoms with van der Waals surface area (Å²) in [6.45, 7) is 7.96. The summed E-state index contributed by atoms with van der Waals surface area (Å²) in [6, 6.07) is 6.12. The summed E-state index contributed by atoms with van der Waals surface area (Å²) >= 11 is 0. The maximum Gasteiger partial charge on any atom is 0.192 e. The predicted molar refractivity (Wildman–Crippen MR) is 79.5 cm³/mol. The normalized spacial score (nSPS) is 12.1. The molecule has 0 amide bonds. The van der Waals surface area contributed by atoms with E-state index < -0.39 is 0 Å². The minimum atomic E-state index is 0.183. The Labute approximate surface area is 114 Å². The van der Waals surface area contributed by atoms with Crippen LogP contribution in [0.1, 0.15) is 26.2 Å². The average Bonchev–Trinajstić information content (AvgIpc) is 2.75. The van der Waals surface area contributed by atoms with Gasteiger partial charge in [0.25, 0.3) is 0 Å². The molecule has 1 aromatic carbocycles. The Morgan fingerprint density at radius 2 is 2.11 bits per heavy atom. The van der Waals surface area contributed by atoms with Gasteiger partial charge in [0, 0.05) is 26.2 Å². The Morgan fingerprint density at radius 3 is 2.79 bits per heavy atom. The molecule has 19 heavy (non-hydrogen) atoms. The Bertz CT molecular complexity index is 560. The number of nitrogens with zero attached hydrogens (tertiary/aromatic N) is 2. The van der Waals surface area contributed by atoms with Crippen LogP contribution in [0.3, 0.4) is 0 Å². The summed E-state index contributed by atoms with van der Waals surface area (Å²) in [5.74, 6) is 0.707. The summed E-state index contributed by atoms with van der Waals surface area (Å²) < 4.78 is 5.49. The zero-order chi connectivity index (χ0) is 14.0. The number of rotatable bonds is 5. The highest BCUT2D eigenvalue weighted by atomic mass is 16.3. The van der Waals surface area contributed by atoms with E-state index in [-0.39, 0.29) is 5.41 Å². The zero-order valence-corrected chi connectivity index (χ0v) is 12.2. The van der Waals surface area contributed by atoms with Crippen molar-refractivity contribution in [3.05, 3.63) is 24.1 Å². The fourth-order valence-electron chi connectivity index (χ4n) is 1.97. The molecule has 0 fully saturated rings. The molecule has 0 aliphatic heterocycles. The molecule has 0 unspecified atom stereocenters. The first-order valence-corrected chi connectivity index (χ1v) is 6.70. The minimum absolute atomic E-state index is 0.183. The SMILES string of the molecule is Cc1nc2cc(N(C)CCC(C)(C)CN)ccc2o1. The Morgan fingerprint density at radius 1 is 1.37 bits per heavy atom. The number of benzene rings is 1. The number of oxazole rings is 1. The second-order valence-corrected chi connectivity index (χ2v) is 5.92. The number of aryl methyl sites for hydroxylation is 1. The molecule has 0 saturated heterocycles. The van der Waals surface area contributed by atoms with Gasteiger partial charge >= 0.3 is 0 Å². The molecule has 104 valence electrons. The fourth-order valence-corrected chi connectivity index (χ4v) is 1.97. The number of hydrogen-bond acceptors (Lipinski definition) is 4. The van der Waals surface area contributed by atoms with Crippen molar-refractivity contribution in [3.8, 4) is 0 Å². The molecule has 0 aliphatic carbocycles. The van der Waals surface area contributed by atoms with Crippen molar-refractivity contribution in [1.82, 2.24) is 4.98 Å². The van der Waals surface area contributed by atoms with Crippen LogP contribution in [0.5, 0.6) is 0 Å². The van der Waals surface area contributed by atoms with Crippen LogP contribution in [0.4, 0.5) is 5.69 Å². The topological polar surface area (TPSA) is 55.3 Å². The molecule has 4 nitrogen and oxygen atoms in total. The van der Waals surface area contributed by atoms with Crippen LogP contribution in [0.25, 0.3) is 11.1 Å². The lowest BCUT2D eigenvalue weighted by Crippen LogP contribution is -2.29. The zero-order valence-electron chi connectivity index (χ0n) is 12.2. The highest BCUT2D eigenvalue weighted by Crippen LogP contribution is 2.24. The summed E-state index contributed by atoms with van der Waals surface area (Å²) in [7, 11) is 2.10. The van der Waals surface area contributed by atoms with E-state index in [2.05, 4.69) is 42.9 Å². The first-order valence-electron chi connectivity index (χ1n) is 6.70. The first kappa shape index (κ1) is 13.9. The number of anilines is 1. The van der Waals surface area contributed by atoms with Gasteiger partial charge in [0.1, 0.15) is 5.52 Å². The van der Waals surface area contributed by atoms with E-state index in [4.69, 9.17) is 10.2 Å². The molecule has 2 rings (SSSR count). The van der Waals surface area contributed by atoms with E-state index in [9.17, 15) is 0 Å². The van der Waals surface area contributed by atoms with E-state index in [0.29, 0.717) is 12.4 Å². The molecular formula is C15H23N3O. The molecular weight excluding hydrogens is 238 g/mol. The molecule has 2 aromatic rings. The van der Waals surface area contributed by atoms with Gasteiger partial charge in [-0.3, -0.25) is 0 Å². The van der Waals surface area contributed by atoms with Crippen molar-refractivity contribution in [1.29, 1.82) is 0 Å². The van der Waals surface area contributed by atoms with Crippen molar-refractivity contribution in [3.63, 3.8) is 0 Å². The molecule has 2 N–H and O–H groups in total. The maximum atomic E-state index is 5.77. The van der Waals surface area contributed by atoms with Crippen molar-refractivity contribution in [2.24, 2.45) is 11.1 Å². The number of nitrogens with two attached hydrogens (primary N) is 1. The molecule has 4 heteroatoms. The summed E-state index contributed by atoms with van der Waals surface area (Å²) in [5.41, 5.74) is 8.87. The Balaban J connectivity index is 2.10. The van der Waals surface area contributed by atoms with Crippen LogP contribution in [0.2, 0.25) is 0 Å². The highest BCUT2D eigenvalue weighted by molar-refractivity contribution is 5.77. The quantitative estimate of drug-likeness (QED) is 0.899. The van der Waals surface area contributed by atoms with Crippen LogP contribution >= 0.6 is 0 Å². The number of fused-ring (bicyclic) bond motifs is 1. The summed E-state index contributed by atoms with van der Waals surface area (Å²) in [6.07, 6.45) is 1.07. The lowest BCUT2D eigenvalue weighted by atomic mass is 9.89. The third-order valence-corrected chi connectivity index (χ3v) is 3.60. The minimum Gasteiger partial charge on any atom is -0.441 e. The third kappa shape index (κ3) is 3.26. The van der Waals surface area contributed by atoms with Gasteiger partial charge in [0.2, 0.25) is 0 Å². The monoisotopic (exact) mass is 261 g/mol. The second kappa shape index (κ2) is 5.21.